The van der Waals surface area contributed by atoms with Gasteiger partial charge in [-0.25, -0.2) is 4.79 Å². The van der Waals surface area contributed by atoms with Crippen LogP contribution in [0.1, 0.15) is 58.8 Å². The Kier molecular flexibility index (Phi) is 7.23. The lowest BCUT2D eigenvalue weighted by Crippen LogP contribution is -2.58. The average Bonchev–Trinajstić information content (AvgIpc) is 3.09. The molecule has 1 amide bonds. The third-order valence-electron chi connectivity index (χ3n) is 5.73. The minimum Gasteiger partial charge on any atom is -0.459 e. The first-order valence-electron chi connectivity index (χ1n) is 10.3. The van der Waals surface area contributed by atoms with E-state index in [0.717, 1.165) is 49.4 Å². The number of carbonyl (C=O) groups excluding carboxylic acids is 2. The van der Waals surface area contributed by atoms with E-state index in [1.165, 1.54) is 0 Å². The second-order valence-corrected chi connectivity index (χ2v) is 9.05. The van der Waals surface area contributed by atoms with Gasteiger partial charge in [-0.3, -0.25) is 4.79 Å². The fourth-order valence-electron chi connectivity index (χ4n) is 4.06. The van der Waals surface area contributed by atoms with E-state index in [9.17, 15) is 14.7 Å². The first kappa shape index (κ1) is 21.4. The number of hydrogen-bond donors (Lipinski definition) is 2. The first-order chi connectivity index (χ1) is 13.4. The number of allylic oxidation sites excluding steroid dienone is 3. The number of thioether (sulfide) groups is 1. The summed E-state index contributed by atoms with van der Waals surface area (Å²) in [5, 5.41) is 13.8. The van der Waals surface area contributed by atoms with Crippen LogP contribution in [0.3, 0.4) is 0 Å². The number of esters is 1. The van der Waals surface area contributed by atoms with Crippen molar-refractivity contribution in [1.82, 2.24) is 5.32 Å². The fourth-order valence-corrected chi connectivity index (χ4v) is 4.95. The zero-order valence-corrected chi connectivity index (χ0v) is 17.5. The lowest BCUT2D eigenvalue weighted by atomic mass is 9.90. The van der Waals surface area contributed by atoms with Gasteiger partial charge < -0.3 is 19.9 Å². The molecule has 6 nitrogen and oxygen atoms in total. The number of ether oxygens (including phenoxy) is 2. The minimum absolute atomic E-state index is 0.158. The summed E-state index contributed by atoms with van der Waals surface area (Å²) in [5.41, 5.74) is 1.07. The number of rotatable bonds is 2. The molecule has 0 radical (unpaired) electrons. The molecule has 3 rings (SSSR count). The number of fused-ring (bicyclic) bond motifs is 2. The molecule has 0 aromatic heterocycles. The van der Waals surface area contributed by atoms with Crippen molar-refractivity contribution in [3.8, 4) is 0 Å². The maximum absolute atomic E-state index is 12.4. The highest BCUT2D eigenvalue weighted by molar-refractivity contribution is 8.14. The van der Waals surface area contributed by atoms with E-state index in [-0.39, 0.29) is 23.7 Å². The molecule has 0 saturated carbocycles. The average molecular weight is 410 g/mol. The molecule has 156 valence electrons. The molecule has 0 aromatic rings. The van der Waals surface area contributed by atoms with E-state index in [4.69, 9.17) is 9.47 Å². The molecular formula is C21H31NO5S. The highest BCUT2D eigenvalue weighted by Crippen LogP contribution is 2.37. The van der Waals surface area contributed by atoms with E-state index in [2.05, 4.69) is 24.4 Å². The Morgan fingerprint density at radius 3 is 2.86 bits per heavy atom. The Bertz CT molecular complexity index is 649. The van der Waals surface area contributed by atoms with Gasteiger partial charge in [-0.05, 0) is 38.0 Å². The van der Waals surface area contributed by atoms with Crippen LogP contribution in [0.4, 0.5) is 4.79 Å². The molecule has 7 heteroatoms. The number of aliphatic hydroxyl groups is 1. The highest BCUT2D eigenvalue weighted by atomic mass is 32.2. The summed E-state index contributed by atoms with van der Waals surface area (Å²) in [7, 11) is 0. The summed E-state index contributed by atoms with van der Waals surface area (Å²) in [6.07, 6.45) is 10.4. The lowest BCUT2D eigenvalue weighted by molar-refractivity contribution is -0.283. The minimum atomic E-state index is -1.51. The number of carbonyl (C=O) groups is 2. The van der Waals surface area contributed by atoms with Gasteiger partial charge in [-0.15, -0.1) is 0 Å². The Hall–Kier alpha value is -1.31. The first-order valence-corrected chi connectivity index (χ1v) is 11.3. The standard InChI is InChI=1S/C21H31NO5S/c1-3-15-7-5-4-6-14(2)8-9-16-11-17(26-19(23)10-15)12-21(25,27-16)18-13-28-20(24)22-18/h4,6,10,14,16-18,25H,3,5,7-9,11-13H2,1-2H3,(H,22,24)/t14-,16-,17-,18?,21-/m1/s1. The molecule has 28 heavy (non-hydrogen) atoms. The Balaban J connectivity index is 1.79. The van der Waals surface area contributed by atoms with E-state index < -0.39 is 17.9 Å². The van der Waals surface area contributed by atoms with Crippen LogP contribution in [-0.2, 0) is 14.3 Å². The summed E-state index contributed by atoms with van der Waals surface area (Å²) < 4.78 is 11.8. The Morgan fingerprint density at radius 2 is 2.14 bits per heavy atom. The molecule has 0 aromatic carbocycles. The maximum atomic E-state index is 12.4. The van der Waals surface area contributed by atoms with Gasteiger partial charge in [0.1, 0.15) is 6.10 Å². The van der Waals surface area contributed by atoms with E-state index >= 15 is 0 Å². The van der Waals surface area contributed by atoms with Crippen LogP contribution in [-0.4, -0.2) is 46.1 Å². The molecule has 2 saturated heterocycles. The van der Waals surface area contributed by atoms with Gasteiger partial charge in [0.25, 0.3) is 5.24 Å². The van der Waals surface area contributed by atoms with E-state index in [1.807, 2.05) is 6.92 Å². The molecule has 2 N–H and O–H groups in total. The van der Waals surface area contributed by atoms with E-state index in [0.29, 0.717) is 18.1 Å². The Labute approximate surface area is 171 Å². The smallest absolute Gasteiger partial charge is 0.330 e. The molecule has 5 atom stereocenters. The van der Waals surface area contributed by atoms with Gasteiger partial charge in [0.2, 0.25) is 0 Å². The molecule has 0 spiro atoms. The quantitative estimate of drug-likeness (QED) is 0.534. The predicted octanol–water partition coefficient (Wildman–Crippen LogP) is 3.69. The molecular weight excluding hydrogens is 378 g/mol. The highest BCUT2D eigenvalue weighted by Gasteiger charge is 2.49. The second kappa shape index (κ2) is 9.46. The monoisotopic (exact) mass is 409 g/mol. The van der Waals surface area contributed by atoms with Gasteiger partial charge in [-0.2, -0.15) is 0 Å². The molecule has 3 heterocycles. The lowest BCUT2D eigenvalue weighted by Gasteiger charge is -2.43. The number of nitrogens with one attached hydrogen (secondary N) is 1. The predicted molar refractivity (Wildman–Crippen MR) is 109 cm³/mol. The van der Waals surface area contributed by atoms with Gasteiger partial charge in [0.05, 0.1) is 12.1 Å². The van der Waals surface area contributed by atoms with Crippen molar-refractivity contribution >= 4 is 23.0 Å². The molecule has 3 aliphatic rings. The summed E-state index contributed by atoms with van der Waals surface area (Å²) in [4.78, 5) is 24.1. The number of hydrogen-bond acceptors (Lipinski definition) is 6. The normalized spacial score (nSPS) is 37.6. The molecule has 1 unspecified atom stereocenters. The largest absolute Gasteiger partial charge is 0.459 e. The van der Waals surface area contributed by atoms with Gasteiger partial charge >= 0.3 is 5.97 Å². The van der Waals surface area contributed by atoms with Gasteiger partial charge in [-0.1, -0.05) is 43.3 Å². The zero-order valence-electron chi connectivity index (χ0n) is 16.7. The molecule has 2 bridgehead atoms. The third-order valence-corrected chi connectivity index (χ3v) is 6.61. The maximum Gasteiger partial charge on any atom is 0.330 e. The van der Waals surface area contributed by atoms with Crippen molar-refractivity contribution in [2.75, 3.05) is 5.75 Å². The van der Waals surface area contributed by atoms with Crippen molar-refractivity contribution in [3.05, 3.63) is 23.8 Å². The van der Waals surface area contributed by atoms with Crippen molar-refractivity contribution in [2.45, 2.75) is 82.8 Å². The summed E-state index contributed by atoms with van der Waals surface area (Å²) in [6, 6.07) is -0.494. The summed E-state index contributed by atoms with van der Waals surface area (Å²) in [6.45, 7) is 4.22. The number of amides is 1. The van der Waals surface area contributed by atoms with Gasteiger partial charge in [0.15, 0.2) is 5.79 Å². The van der Waals surface area contributed by atoms with Crippen LogP contribution in [0, 0.1) is 5.92 Å². The van der Waals surface area contributed by atoms with Crippen LogP contribution in [0.5, 0.6) is 0 Å². The molecule has 3 aliphatic heterocycles. The van der Waals surface area contributed by atoms with Crippen molar-refractivity contribution in [1.29, 1.82) is 0 Å². The van der Waals surface area contributed by atoms with Crippen LogP contribution in [0.2, 0.25) is 0 Å². The fraction of sp³-hybridized carbons (Fsp3) is 0.714. The summed E-state index contributed by atoms with van der Waals surface area (Å²) in [5.74, 6) is -1.01. The second-order valence-electron chi connectivity index (χ2n) is 8.06. The van der Waals surface area contributed by atoms with Crippen molar-refractivity contribution in [3.63, 3.8) is 0 Å². The van der Waals surface area contributed by atoms with Crippen LogP contribution >= 0.6 is 11.8 Å². The Morgan fingerprint density at radius 1 is 1.32 bits per heavy atom. The van der Waals surface area contributed by atoms with Gasteiger partial charge in [0, 0.05) is 24.7 Å². The van der Waals surface area contributed by atoms with Crippen LogP contribution in [0.25, 0.3) is 0 Å². The van der Waals surface area contributed by atoms with Crippen molar-refractivity contribution in [2.24, 2.45) is 5.92 Å². The third kappa shape index (κ3) is 5.61. The topological polar surface area (TPSA) is 84.9 Å². The van der Waals surface area contributed by atoms with Crippen LogP contribution in [0.15, 0.2) is 23.8 Å². The molecule has 0 aliphatic carbocycles. The van der Waals surface area contributed by atoms with E-state index in [1.54, 1.807) is 6.08 Å². The summed E-state index contributed by atoms with van der Waals surface area (Å²) >= 11 is 1.14. The van der Waals surface area contributed by atoms with Crippen molar-refractivity contribution < 1.29 is 24.2 Å². The van der Waals surface area contributed by atoms with Crippen LogP contribution < -0.4 is 5.32 Å². The SMILES string of the molecule is CCC1=CC(=O)O[C@@H]2C[C@@H](CC[C@H](C)C=CCC1)O[C@@](O)(C1CSC(=O)N1)C2. The zero-order chi connectivity index (χ0) is 20.1. The molecule has 2 fully saturated rings.